The first-order valence-electron chi connectivity index (χ1n) is 11.0. The van der Waals surface area contributed by atoms with Crippen molar-refractivity contribution in [2.24, 2.45) is 0 Å². The molecule has 0 radical (unpaired) electrons. The molecule has 3 aliphatic heterocycles. The van der Waals surface area contributed by atoms with E-state index in [1.807, 2.05) is 36.4 Å². The molecule has 2 aromatic heterocycles. The first-order chi connectivity index (χ1) is 15.7. The maximum absolute atomic E-state index is 6.17. The lowest BCUT2D eigenvalue weighted by molar-refractivity contribution is 0.0989. The van der Waals surface area contributed by atoms with Crippen LogP contribution in [0.3, 0.4) is 0 Å². The monoisotopic (exact) mass is 431 g/mol. The minimum absolute atomic E-state index is 0.101. The number of benzene rings is 1. The first kappa shape index (κ1) is 19.2. The maximum Gasteiger partial charge on any atom is 0.228 e. The molecule has 6 rings (SSSR count). The summed E-state index contributed by atoms with van der Waals surface area (Å²) in [7, 11) is 0. The largest absolute Gasteiger partial charge is 0.489 e. The number of hydrogen-bond acceptors (Lipinski definition) is 9. The van der Waals surface area contributed by atoms with Gasteiger partial charge in [0.1, 0.15) is 17.7 Å². The van der Waals surface area contributed by atoms with Crippen molar-refractivity contribution < 1.29 is 9.47 Å². The third-order valence-corrected chi connectivity index (χ3v) is 6.34. The number of rotatable bonds is 5. The van der Waals surface area contributed by atoms with Gasteiger partial charge in [-0.25, -0.2) is 15.0 Å². The molecule has 0 amide bonds. The van der Waals surface area contributed by atoms with Crippen LogP contribution in [-0.4, -0.2) is 64.4 Å². The molecule has 32 heavy (non-hydrogen) atoms. The summed E-state index contributed by atoms with van der Waals surface area (Å²) in [6, 6.07) is 12.3. The Morgan fingerprint density at radius 1 is 1.06 bits per heavy atom. The van der Waals surface area contributed by atoms with Crippen LogP contribution in [0.4, 0.5) is 17.7 Å². The number of anilines is 3. The summed E-state index contributed by atoms with van der Waals surface area (Å²) < 4.78 is 12.0. The van der Waals surface area contributed by atoms with Gasteiger partial charge >= 0.3 is 0 Å². The maximum atomic E-state index is 6.17. The fourth-order valence-electron chi connectivity index (χ4n) is 4.71. The van der Waals surface area contributed by atoms with Crippen LogP contribution in [0.2, 0.25) is 0 Å². The number of nitrogen functional groups attached to an aromatic ring is 1. The van der Waals surface area contributed by atoms with Crippen molar-refractivity contribution in [2.75, 3.05) is 41.8 Å². The zero-order chi connectivity index (χ0) is 21.5. The Kier molecular flexibility index (Phi) is 4.75. The zero-order valence-corrected chi connectivity index (χ0v) is 17.7. The van der Waals surface area contributed by atoms with E-state index >= 15 is 0 Å². The third-order valence-electron chi connectivity index (χ3n) is 6.34. The Balaban J connectivity index is 1.29. The van der Waals surface area contributed by atoms with Gasteiger partial charge in [-0.15, -0.1) is 0 Å². The van der Waals surface area contributed by atoms with Crippen molar-refractivity contribution in [3.8, 4) is 17.0 Å². The molecule has 9 nitrogen and oxygen atoms in total. The van der Waals surface area contributed by atoms with E-state index in [0.29, 0.717) is 12.0 Å². The molecule has 2 bridgehead atoms. The van der Waals surface area contributed by atoms with Gasteiger partial charge in [-0.1, -0.05) is 18.2 Å². The van der Waals surface area contributed by atoms with Crippen LogP contribution in [0.5, 0.6) is 5.75 Å². The molecule has 0 saturated carbocycles. The van der Waals surface area contributed by atoms with Crippen LogP contribution in [0.1, 0.15) is 12.8 Å². The molecule has 3 fully saturated rings. The lowest BCUT2D eigenvalue weighted by Gasteiger charge is -2.29. The van der Waals surface area contributed by atoms with Gasteiger partial charge in [0.2, 0.25) is 11.9 Å². The molecule has 3 atom stereocenters. The normalized spacial score (nSPS) is 24.3. The van der Waals surface area contributed by atoms with E-state index in [9.17, 15) is 0 Å². The fourth-order valence-corrected chi connectivity index (χ4v) is 4.71. The molecule has 3 aliphatic rings. The Hall–Kier alpha value is -3.46. The number of fused-ring (bicyclic) bond motifs is 2. The molecular weight excluding hydrogens is 406 g/mol. The number of para-hydroxylation sites is 1. The van der Waals surface area contributed by atoms with Crippen LogP contribution in [0.15, 0.2) is 48.8 Å². The summed E-state index contributed by atoms with van der Waals surface area (Å²) in [4.78, 5) is 22.7. The SMILES string of the molecule is Nc1ncc(-c2cc(N3C[C@@H]4C[C@H]3CO4)nc(N3CCC(Oc4ccccc4)C3)n2)cn1. The number of aromatic nitrogens is 4. The molecule has 0 aliphatic carbocycles. The number of nitrogens with two attached hydrogens (primary N) is 1. The van der Waals surface area contributed by atoms with E-state index in [1.54, 1.807) is 12.4 Å². The highest BCUT2D eigenvalue weighted by Gasteiger charge is 2.40. The Bertz CT molecular complexity index is 1100. The zero-order valence-electron chi connectivity index (χ0n) is 17.7. The number of nitrogens with zero attached hydrogens (tertiary/aromatic N) is 6. The lowest BCUT2D eigenvalue weighted by atomic mass is 10.2. The quantitative estimate of drug-likeness (QED) is 0.651. The topological polar surface area (TPSA) is 103 Å². The first-order valence-corrected chi connectivity index (χ1v) is 11.0. The van der Waals surface area contributed by atoms with E-state index in [0.717, 1.165) is 61.9 Å². The molecule has 9 heteroatoms. The molecule has 1 aromatic carbocycles. The summed E-state index contributed by atoms with van der Waals surface area (Å²) >= 11 is 0. The van der Waals surface area contributed by atoms with Crippen LogP contribution < -0.4 is 20.3 Å². The molecule has 1 unspecified atom stereocenters. The standard InChI is InChI=1S/C23H25N7O2/c24-22-25-10-15(11-26-22)20-9-21(30-13-19-8-16(30)14-31-19)28-23(27-20)29-7-6-18(12-29)32-17-4-2-1-3-5-17/h1-5,9-11,16,18-19H,6-8,12-14H2,(H2,24,25,26)/t16-,18?,19-/m0/s1. The lowest BCUT2D eigenvalue weighted by Crippen LogP contribution is -2.38. The van der Waals surface area contributed by atoms with Gasteiger partial charge in [-0.3, -0.25) is 0 Å². The highest BCUT2D eigenvalue weighted by Crippen LogP contribution is 2.34. The van der Waals surface area contributed by atoms with E-state index in [1.165, 1.54) is 0 Å². The van der Waals surface area contributed by atoms with Crippen molar-refractivity contribution in [1.82, 2.24) is 19.9 Å². The fraction of sp³-hybridized carbons (Fsp3) is 0.391. The summed E-state index contributed by atoms with van der Waals surface area (Å²) in [6.45, 7) is 3.19. The van der Waals surface area contributed by atoms with E-state index in [2.05, 4.69) is 19.8 Å². The molecular formula is C23H25N7O2. The van der Waals surface area contributed by atoms with Crippen molar-refractivity contribution in [2.45, 2.75) is 31.1 Å². The summed E-state index contributed by atoms with van der Waals surface area (Å²) in [5.74, 6) is 2.77. The van der Waals surface area contributed by atoms with E-state index in [-0.39, 0.29) is 18.2 Å². The van der Waals surface area contributed by atoms with Crippen LogP contribution >= 0.6 is 0 Å². The summed E-state index contributed by atoms with van der Waals surface area (Å²) in [5.41, 5.74) is 7.30. The number of morpholine rings is 1. The number of ether oxygens (including phenoxy) is 2. The Morgan fingerprint density at radius 2 is 1.91 bits per heavy atom. The van der Waals surface area contributed by atoms with Crippen LogP contribution in [-0.2, 0) is 4.74 Å². The molecule has 2 N–H and O–H groups in total. The van der Waals surface area contributed by atoms with Crippen molar-refractivity contribution in [3.05, 3.63) is 48.8 Å². The minimum atomic E-state index is 0.101. The molecule has 3 aromatic rings. The van der Waals surface area contributed by atoms with Gasteiger partial charge in [0.15, 0.2) is 0 Å². The van der Waals surface area contributed by atoms with Gasteiger partial charge in [-0.05, 0) is 18.6 Å². The van der Waals surface area contributed by atoms with Crippen LogP contribution in [0.25, 0.3) is 11.3 Å². The predicted molar refractivity (Wildman–Crippen MR) is 121 cm³/mol. The highest BCUT2D eigenvalue weighted by atomic mass is 16.5. The highest BCUT2D eigenvalue weighted by molar-refractivity contribution is 5.65. The van der Waals surface area contributed by atoms with Crippen molar-refractivity contribution in [3.63, 3.8) is 0 Å². The van der Waals surface area contributed by atoms with Gasteiger partial charge in [0.05, 0.1) is 31.0 Å². The molecule has 5 heterocycles. The minimum Gasteiger partial charge on any atom is -0.489 e. The average molecular weight is 432 g/mol. The van der Waals surface area contributed by atoms with E-state index < -0.39 is 0 Å². The van der Waals surface area contributed by atoms with E-state index in [4.69, 9.17) is 25.2 Å². The Morgan fingerprint density at radius 3 is 2.66 bits per heavy atom. The molecule has 164 valence electrons. The smallest absolute Gasteiger partial charge is 0.228 e. The summed E-state index contributed by atoms with van der Waals surface area (Å²) in [5, 5.41) is 0. The molecule has 3 saturated heterocycles. The average Bonchev–Trinajstić information content (AvgIpc) is 3.58. The Labute approximate surface area is 186 Å². The second-order valence-corrected chi connectivity index (χ2v) is 8.53. The summed E-state index contributed by atoms with van der Waals surface area (Å²) in [6.07, 6.45) is 5.79. The number of hydrogen-bond donors (Lipinski definition) is 1. The third kappa shape index (κ3) is 3.69. The van der Waals surface area contributed by atoms with Gasteiger partial charge < -0.3 is 25.0 Å². The van der Waals surface area contributed by atoms with Gasteiger partial charge in [0.25, 0.3) is 0 Å². The second kappa shape index (κ2) is 7.90. The van der Waals surface area contributed by atoms with Crippen molar-refractivity contribution >= 4 is 17.7 Å². The van der Waals surface area contributed by atoms with Crippen molar-refractivity contribution in [1.29, 1.82) is 0 Å². The van der Waals surface area contributed by atoms with Gasteiger partial charge in [0, 0.05) is 43.5 Å². The second-order valence-electron chi connectivity index (χ2n) is 8.53. The van der Waals surface area contributed by atoms with Crippen LogP contribution in [0, 0.1) is 0 Å². The molecule has 0 spiro atoms. The van der Waals surface area contributed by atoms with Gasteiger partial charge in [-0.2, -0.15) is 4.98 Å². The predicted octanol–water partition coefficient (Wildman–Crippen LogP) is 2.15.